The monoisotopic (exact) mass is 371 g/mol. The van der Waals surface area contributed by atoms with Gasteiger partial charge in [-0.1, -0.05) is 42.5 Å². The second-order valence-electron chi connectivity index (χ2n) is 5.56. The summed E-state index contributed by atoms with van der Waals surface area (Å²) in [4.78, 5) is 23.1. The highest BCUT2D eigenvalue weighted by molar-refractivity contribution is 7.80. The highest BCUT2D eigenvalue weighted by atomic mass is 32.1. The Bertz CT molecular complexity index is 779. The molecule has 0 bridgehead atoms. The standard InChI is InChI=1S/C17H16F3NO3S/c18-17(19,20)13(9-25)15(22)21-14(16(23)24)8-10-5-6-11-3-1-2-4-12(11)7-10/h1-7,13-14,25H,8-9H2,(H,21,22)(H,23,24)/t13?,14-/m0/s1. The summed E-state index contributed by atoms with van der Waals surface area (Å²) in [6.45, 7) is 0. The van der Waals surface area contributed by atoms with Crippen molar-refractivity contribution in [3.8, 4) is 0 Å². The predicted octanol–water partition coefficient (Wildman–Crippen LogP) is 3.06. The number of aliphatic carboxylic acids is 1. The van der Waals surface area contributed by atoms with Crippen LogP contribution in [0.25, 0.3) is 10.8 Å². The minimum absolute atomic E-state index is 0.122. The van der Waals surface area contributed by atoms with E-state index in [9.17, 15) is 27.9 Å². The third kappa shape index (κ3) is 4.88. The van der Waals surface area contributed by atoms with Gasteiger partial charge in [0.1, 0.15) is 12.0 Å². The molecular formula is C17H16F3NO3S. The summed E-state index contributed by atoms with van der Waals surface area (Å²) < 4.78 is 38.3. The van der Waals surface area contributed by atoms with Gasteiger partial charge in [-0.2, -0.15) is 25.8 Å². The number of fused-ring (bicyclic) bond motifs is 1. The van der Waals surface area contributed by atoms with Crippen molar-refractivity contribution in [2.75, 3.05) is 5.75 Å². The molecule has 0 radical (unpaired) electrons. The highest BCUT2D eigenvalue weighted by Crippen LogP contribution is 2.27. The fourth-order valence-corrected chi connectivity index (χ4v) is 2.78. The zero-order chi connectivity index (χ0) is 18.6. The molecule has 0 spiro atoms. The Hall–Kier alpha value is -2.22. The van der Waals surface area contributed by atoms with E-state index >= 15 is 0 Å². The van der Waals surface area contributed by atoms with E-state index in [1.54, 1.807) is 18.2 Å². The molecule has 0 aliphatic heterocycles. The molecule has 0 heterocycles. The van der Waals surface area contributed by atoms with Crippen LogP contribution in [0.15, 0.2) is 42.5 Å². The molecule has 2 rings (SSSR count). The van der Waals surface area contributed by atoms with Crippen molar-refractivity contribution in [1.29, 1.82) is 0 Å². The fraction of sp³-hybridized carbons (Fsp3) is 0.294. The van der Waals surface area contributed by atoms with E-state index < -0.39 is 35.8 Å². The molecule has 4 nitrogen and oxygen atoms in total. The summed E-state index contributed by atoms with van der Waals surface area (Å²) in [6.07, 6.45) is -4.90. The molecule has 0 aliphatic carbocycles. The number of carbonyl (C=O) groups excluding carboxylic acids is 1. The molecule has 1 unspecified atom stereocenters. The van der Waals surface area contributed by atoms with Gasteiger partial charge in [0, 0.05) is 12.2 Å². The molecule has 0 saturated heterocycles. The van der Waals surface area contributed by atoms with E-state index in [0.29, 0.717) is 5.56 Å². The molecule has 134 valence electrons. The molecule has 0 aliphatic rings. The Morgan fingerprint density at radius 2 is 1.76 bits per heavy atom. The van der Waals surface area contributed by atoms with Crippen molar-refractivity contribution >= 4 is 35.3 Å². The minimum atomic E-state index is -4.78. The van der Waals surface area contributed by atoms with Gasteiger partial charge in [-0.3, -0.25) is 4.79 Å². The number of alkyl halides is 3. The number of nitrogens with one attached hydrogen (secondary N) is 1. The third-order valence-corrected chi connectivity index (χ3v) is 4.13. The van der Waals surface area contributed by atoms with E-state index in [1.807, 2.05) is 29.6 Å². The average molecular weight is 371 g/mol. The maximum Gasteiger partial charge on any atom is 0.401 e. The number of rotatable bonds is 6. The van der Waals surface area contributed by atoms with Crippen LogP contribution in [0.1, 0.15) is 5.56 Å². The largest absolute Gasteiger partial charge is 0.480 e. The summed E-state index contributed by atoms with van der Waals surface area (Å²) in [5, 5.41) is 13.0. The Kier molecular flexibility index (Phi) is 5.94. The molecule has 2 aromatic carbocycles. The van der Waals surface area contributed by atoms with Crippen LogP contribution in [-0.2, 0) is 16.0 Å². The number of amides is 1. The van der Waals surface area contributed by atoms with Crippen LogP contribution >= 0.6 is 12.6 Å². The zero-order valence-electron chi connectivity index (χ0n) is 13.0. The topological polar surface area (TPSA) is 66.4 Å². The molecule has 0 fully saturated rings. The fourth-order valence-electron chi connectivity index (χ4n) is 2.41. The first-order valence-electron chi connectivity index (χ1n) is 7.41. The molecule has 2 atom stereocenters. The van der Waals surface area contributed by atoms with Gasteiger partial charge in [0.25, 0.3) is 0 Å². The summed E-state index contributed by atoms with van der Waals surface area (Å²) in [7, 11) is 0. The first-order chi connectivity index (χ1) is 11.7. The number of carboxylic acids is 1. The minimum Gasteiger partial charge on any atom is -0.480 e. The Balaban J connectivity index is 2.17. The first kappa shape index (κ1) is 19.1. The zero-order valence-corrected chi connectivity index (χ0v) is 13.8. The molecule has 0 aromatic heterocycles. The van der Waals surface area contributed by atoms with Crippen LogP contribution in [0.2, 0.25) is 0 Å². The molecule has 1 amide bonds. The predicted molar refractivity (Wildman–Crippen MR) is 90.6 cm³/mol. The van der Waals surface area contributed by atoms with Gasteiger partial charge in [-0.05, 0) is 16.3 Å². The summed E-state index contributed by atoms with van der Waals surface area (Å²) in [5.41, 5.74) is 0.598. The number of carboxylic acid groups (broad SMARTS) is 1. The Morgan fingerprint density at radius 1 is 1.12 bits per heavy atom. The Morgan fingerprint density at radius 3 is 2.32 bits per heavy atom. The third-order valence-electron chi connectivity index (χ3n) is 3.76. The lowest BCUT2D eigenvalue weighted by Gasteiger charge is -2.21. The van der Waals surface area contributed by atoms with Crippen molar-refractivity contribution in [3.05, 3.63) is 48.0 Å². The lowest BCUT2D eigenvalue weighted by Crippen LogP contribution is -2.48. The number of thiol groups is 1. The van der Waals surface area contributed by atoms with Crippen LogP contribution in [-0.4, -0.2) is 35.0 Å². The van der Waals surface area contributed by atoms with Gasteiger partial charge in [0.05, 0.1) is 0 Å². The second-order valence-corrected chi connectivity index (χ2v) is 5.93. The van der Waals surface area contributed by atoms with E-state index in [2.05, 4.69) is 12.6 Å². The average Bonchev–Trinajstić information content (AvgIpc) is 2.53. The van der Waals surface area contributed by atoms with Crippen LogP contribution < -0.4 is 5.32 Å². The molecule has 0 saturated carbocycles. The van der Waals surface area contributed by atoms with Crippen LogP contribution in [0.3, 0.4) is 0 Å². The summed E-state index contributed by atoms with van der Waals surface area (Å²) in [5.74, 6) is -5.90. The normalized spacial score (nSPS) is 14.1. The maximum atomic E-state index is 12.8. The van der Waals surface area contributed by atoms with Crippen LogP contribution in [0, 0.1) is 5.92 Å². The molecule has 25 heavy (non-hydrogen) atoms. The van der Waals surface area contributed by atoms with E-state index in [4.69, 9.17) is 0 Å². The Labute approximate surface area is 147 Å². The second kappa shape index (κ2) is 7.77. The van der Waals surface area contributed by atoms with Gasteiger partial charge in [-0.15, -0.1) is 0 Å². The molecule has 2 aromatic rings. The van der Waals surface area contributed by atoms with Crippen molar-refractivity contribution in [2.45, 2.75) is 18.6 Å². The van der Waals surface area contributed by atoms with E-state index in [1.165, 1.54) is 0 Å². The van der Waals surface area contributed by atoms with Crippen LogP contribution in [0.5, 0.6) is 0 Å². The highest BCUT2D eigenvalue weighted by Gasteiger charge is 2.44. The lowest BCUT2D eigenvalue weighted by atomic mass is 10.0. The number of hydrogen-bond donors (Lipinski definition) is 3. The van der Waals surface area contributed by atoms with Crippen LogP contribution in [0.4, 0.5) is 13.2 Å². The smallest absolute Gasteiger partial charge is 0.401 e. The van der Waals surface area contributed by atoms with Gasteiger partial charge in [-0.25, -0.2) is 4.79 Å². The van der Waals surface area contributed by atoms with Crippen molar-refractivity contribution in [1.82, 2.24) is 5.32 Å². The summed E-state index contributed by atoms with van der Waals surface area (Å²) in [6, 6.07) is 11.2. The van der Waals surface area contributed by atoms with E-state index in [0.717, 1.165) is 10.8 Å². The lowest BCUT2D eigenvalue weighted by molar-refractivity contribution is -0.178. The number of benzene rings is 2. The van der Waals surface area contributed by atoms with E-state index in [-0.39, 0.29) is 6.42 Å². The van der Waals surface area contributed by atoms with Crippen molar-refractivity contribution in [3.63, 3.8) is 0 Å². The first-order valence-corrected chi connectivity index (χ1v) is 8.04. The van der Waals surface area contributed by atoms with Crippen molar-refractivity contribution in [2.24, 2.45) is 5.92 Å². The number of hydrogen-bond acceptors (Lipinski definition) is 3. The van der Waals surface area contributed by atoms with Gasteiger partial charge in [0.2, 0.25) is 5.91 Å². The molecular weight excluding hydrogens is 355 g/mol. The molecule has 2 N–H and O–H groups in total. The van der Waals surface area contributed by atoms with Gasteiger partial charge in [0.15, 0.2) is 0 Å². The van der Waals surface area contributed by atoms with Gasteiger partial charge >= 0.3 is 12.1 Å². The molecule has 8 heteroatoms. The maximum absolute atomic E-state index is 12.8. The number of halogens is 3. The summed E-state index contributed by atoms with van der Waals surface area (Å²) >= 11 is 3.53. The number of carbonyl (C=O) groups is 2. The van der Waals surface area contributed by atoms with Crippen molar-refractivity contribution < 1.29 is 27.9 Å². The SMILES string of the molecule is O=C(N[C@@H](Cc1ccc2ccccc2c1)C(=O)O)C(CS)C(F)(F)F. The quantitative estimate of drug-likeness (QED) is 0.684. The van der Waals surface area contributed by atoms with Gasteiger partial charge < -0.3 is 10.4 Å².